The van der Waals surface area contributed by atoms with Crippen LogP contribution in [0.4, 0.5) is 10.2 Å². The van der Waals surface area contributed by atoms with Crippen molar-refractivity contribution in [3.8, 4) is 5.69 Å². The van der Waals surface area contributed by atoms with Crippen LogP contribution in [0.1, 0.15) is 5.56 Å². The zero-order valence-corrected chi connectivity index (χ0v) is 8.73. The van der Waals surface area contributed by atoms with E-state index in [0.717, 1.165) is 5.56 Å². The lowest BCUT2D eigenvalue weighted by molar-refractivity contribution is 0.625. The van der Waals surface area contributed by atoms with Crippen molar-refractivity contribution in [3.63, 3.8) is 0 Å². The summed E-state index contributed by atoms with van der Waals surface area (Å²) in [7, 11) is 0. The zero-order valence-electron chi connectivity index (χ0n) is 8.73. The Morgan fingerprint density at radius 1 is 1.38 bits per heavy atom. The first-order valence-corrected chi connectivity index (χ1v) is 5.00. The Bertz CT molecular complexity index is 492. The predicted molar refractivity (Wildman–Crippen MR) is 60.7 cm³/mol. The number of aromatic nitrogens is 2. The highest BCUT2D eigenvalue weighted by Crippen LogP contribution is 2.15. The average molecular weight is 220 g/mol. The number of nitrogens with zero attached hydrogens (tertiary/aromatic N) is 2. The van der Waals surface area contributed by atoms with E-state index in [0.29, 0.717) is 24.5 Å². The Hall–Kier alpha value is -1.88. The van der Waals surface area contributed by atoms with Crippen LogP contribution in [0.25, 0.3) is 5.69 Å². The van der Waals surface area contributed by atoms with Gasteiger partial charge in [-0.15, -0.1) is 0 Å². The Balaban J connectivity index is 2.37. The Morgan fingerprint density at radius 2 is 2.19 bits per heavy atom. The van der Waals surface area contributed by atoms with E-state index in [4.69, 9.17) is 11.5 Å². The minimum absolute atomic E-state index is 0.299. The van der Waals surface area contributed by atoms with Gasteiger partial charge in [0.15, 0.2) is 0 Å². The highest BCUT2D eigenvalue weighted by molar-refractivity contribution is 5.42. The average Bonchev–Trinajstić information content (AvgIpc) is 2.61. The molecule has 1 heterocycles. The van der Waals surface area contributed by atoms with Crippen molar-refractivity contribution in [2.75, 3.05) is 12.3 Å². The predicted octanol–water partition coefficient (Wildman–Crippen LogP) is 1.09. The second-order valence-corrected chi connectivity index (χ2v) is 3.50. The summed E-state index contributed by atoms with van der Waals surface area (Å²) in [5, 5.41) is 4.11. The van der Waals surface area contributed by atoms with Gasteiger partial charge in [-0.2, -0.15) is 5.10 Å². The lowest BCUT2D eigenvalue weighted by Crippen LogP contribution is -2.03. The molecule has 1 aromatic heterocycles. The minimum atomic E-state index is -0.299. The standard InChI is InChI=1S/C11H13FN4/c12-9-2-1-3-10(6-9)16-7-8(4-5-13)11(14)15-16/h1-3,6-7H,4-5,13H2,(H2,14,15). The monoisotopic (exact) mass is 220 g/mol. The third-order valence-electron chi connectivity index (χ3n) is 2.31. The van der Waals surface area contributed by atoms with Crippen molar-refractivity contribution >= 4 is 5.82 Å². The van der Waals surface area contributed by atoms with Crippen LogP contribution in [0.2, 0.25) is 0 Å². The summed E-state index contributed by atoms with van der Waals surface area (Å²) in [4.78, 5) is 0. The highest BCUT2D eigenvalue weighted by atomic mass is 19.1. The minimum Gasteiger partial charge on any atom is -0.382 e. The molecule has 2 rings (SSSR count). The fourth-order valence-corrected chi connectivity index (χ4v) is 1.52. The van der Waals surface area contributed by atoms with Crippen LogP contribution in [0.5, 0.6) is 0 Å². The molecule has 0 aliphatic carbocycles. The Kier molecular flexibility index (Phi) is 2.87. The quantitative estimate of drug-likeness (QED) is 0.813. The van der Waals surface area contributed by atoms with Crippen LogP contribution < -0.4 is 11.5 Å². The molecule has 0 bridgehead atoms. The van der Waals surface area contributed by atoms with Crippen LogP contribution in [0.15, 0.2) is 30.5 Å². The van der Waals surface area contributed by atoms with Gasteiger partial charge in [0.2, 0.25) is 0 Å². The number of nitrogen functional groups attached to an aromatic ring is 1. The molecule has 0 atom stereocenters. The van der Waals surface area contributed by atoms with E-state index in [2.05, 4.69) is 5.10 Å². The molecule has 0 saturated carbocycles. The summed E-state index contributed by atoms with van der Waals surface area (Å²) in [6, 6.07) is 6.18. The summed E-state index contributed by atoms with van der Waals surface area (Å²) >= 11 is 0. The second kappa shape index (κ2) is 4.32. The highest BCUT2D eigenvalue weighted by Gasteiger charge is 2.06. The SMILES string of the molecule is NCCc1cn(-c2cccc(F)c2)nc1N. The molecule has 0 saturated heterocycles. The lowest BCUT2D eigenvalue weighted by Gasteiger charge is -1.99. The summed E-state index contributed by atoms with van der Waals surface area (Å²) in [6.07, 6.45) is 2.44. The smallest absolute Gasteiger partial charge is 0.149 e. The number of hydrogen-bond donors (Lipinski definition) is 2. The first-order valence-electron chi connectivity index (χ1n) is 5.00. The summed E-state index contributed by atoms with van der Waals surface area (Å²) < 4.78 is 14.6. The summed E-state index contributed by atoms with van der Waals surface area (Å²) in [5.74, 6) is 0.140. The molecule has 0 amide bonds. The van der Waals surface area contributed by atoms with Gasteiger partial charge in [-0.3, -0.25) is 0 Å². The van der Waals surface area contributed by atoms with Crippen molar-refractivity contribution in [2.45, 2.75) is 6.42 Å². The molecular formula is C11H13FN4. The van der Waals surface area contributed by atoms with E-state index in [1.807, 2.05) is 0 Å². The molecule has 0 unspecified atom stereocenters. The molecule has 0 spiro atoms. The van der Waals surface area contributed by atoms with Crippen LogP contribution in [-0.2, 0) is 6.42 Å². The van der Waals surface area contributed by atoms with E-state index in [1.54, 1.807) is 23.0 Å². The van der Waals surface area contributed by atoms with Crippen molar-refractivity contribution in [1.82, 2.24) is 9.78 Å². The van der Waals surface area contributed by atoms with Crippen molar-refractivity contribution in [2.24, 2.45) is 5.73 Å². The van der Waals surface area contributed by atoms with E-state index < -0.39 is 0 Å². The zero-order chi connectivity index (χ0) is 11.5. The molecule has 1 aromatic carbocycles. The largest absolute Gasteiger partial charge is 0.382 e. The van der Waals surface area contributed by atoms with Gasteiger partial charge >= 0.3 is 0 Å². The number of anilines is 1. The molecule has 4 N–H and O–H groups in total. The van der Waals surface area contributed by atoms with E-state index in [-0.39, 0.29) is 5.82 Å². The van der Waals surface area contributed by atoms with Crippen molar-refractivity contribution in [3.05, 3.63) is 41.8 Å². The summed E-state index contributed by atoms with van der Waals surface area (Å²) in [6.45, 7) is 0.513. The maximum absolute atomic E-state index is 13.0. The first kappa shape index (κ1) is 10.6. The van der Waals surface area contributed by atoms with Gasteiger partial charge in [-0.1, -0.05) is 6.07 Å². The van der Waals surface area contributed by atoms with Gasteiger partial charge in [-0.25, -0.2) is 9.07 Å². The molecule has 5 heteroatoms. The fourth-order valence-electron chi connectivity index (χ4n) is 1.52. The summed E-state index contributed by atoms with van der Waals surface area (Å²) in [5.41, 5.74) is 12.7. The molecule has 0 aliphatic rings. The Morgan fingerprint density at radius 3 is 2.88 bits per heavy atom. The normalized spacial score (nSPS) is 10.6. The maximum Gasteiger partial charge on any atom is 0.149 e. The molecule has 0 aliphatic heterocycles. The topological polar surface area (TPSA) is 69.9 Å². The van der Waals surface area contributed by atoms with Crippen molar-refractivity contribution < 1.29 is 4.39 Å². The van der Waals surface area contributed by atoms with Gasteiger partial charge in [0, 0.05) is 11.8 Å². The van der Waals surface area contributed by atoms with Gasteiger partial charge in [-0.05, 0) is 31.2 Å². The molecule has 0 radical (unpaired) electrons. The van der Waals surface area contributed by atoms with Gasteiger partial charge in [0.1, 0.15) is 11.6 Å². The van der Waals surface area contributed by atoms with E-state index >= 15 is 0 Å². The van der Waals surface area contributed by atoms with Crippen LogP contribution in [0.3, 0.4) is 0 Å². The number of rotatable bonds is 3. The molecule has 84 valence electrons. The second-order valence-electron chi connectivity index (χ2n) is 3.50. The van der Waals surface area contributed by atoms with Crippen molar-refractivity contribution in [1.29, 1.82) is 0 Å². The van der Waals surface area contributed by atoms with Crippen LogP contribution >= 0.6 is 0 Å². The molecule has 2 aromatic rings. The van der Waals surface area contributed by atoms with E-state index in [9.17, 15) is 4.39 Å². The number of halogens is 1. The maximum atomic E-state index is 13.0. The van der Waals surface area contributed by atoms with Crippen LogP contribution in [-0.4, -0.2) is 16.3 Å². The molecular weight excluding hydrogens is 207 g/mol. The molecule has 0 fully saturated rings. The van der Waals surface area contributed by atoms with Gasteiger partial charge in [0.25, 0.3) is 0 Å². The Labute approximate surface area is 92.7 Å². The third kappa shape index (κ3) is 2.04. The number of hydrogen-bond acceptors (Lipinski definition) is 3. The molecule has 16 heavy (non-hydrogen) atoms. The van der Waals surface area contributed by atoms with Gasteiger partial charge in [0.05, 0.1) is 5.69 Å². The first-order chi connectivity index (χ1) is 7.70. The van der Waals surface area contributed by atoms with Gasteiger partial charge < -0.3 is 11.5 Å². The fraction of sp³-hybridized carbons (Fsp3) is 0.182. The number of nitrogens with two attached hydrogens (primary N) is 2. The van der Waals surface area contributed by atoms with Crippen LogP contribution in [0, 0.1) is 5.82 Å². The third-order valence-corrected chi connectivity index (χ3v) is 2.31. The lowest BCUT2D eigenvalue weighted by atomic mass is 10.2. The number of benzene rings is 1. The van der Waals surface area contributed by atoms with E-state index in [1.165, 1.54) is 12.1 Å². The molecule has 4 nitrogen and oxygen atoms in total.